The summed E-state index contributed by atoms with van der Waals surface area (Å²) in [7, 11) is -3.24. The van der Waals surface area contributed by atoms with Crippen LogP contribution in [0.25, 0.3) is 0 Å². The van der Waals surface area contributed by atoms with Gasteiger partial charge in [-0.1, -0.05) is 19.1 Å². The lowest BCUT2D eigenvalue weighted by atomic mass is 10.1. The minimum atomic E-state index is -3.24. The fourth-order valence-electron chi connectivity index (χ4n) is 2.64. The highest BCUT2D eigenvalue weighted by atomic mass is 32.2. The number of para-hydroxylation sites is 1. The molecule has 1 unspecified atom stereocenters. The molecule has 0 spiro atoms. The average Bonchev–Trinajstić information content (AvgIpc) is 2.86. The summed E-state index contributed by atoms with van der Waals surface area (Å²) in [6.07, 6.45) is 1.22. The topological polar surface area (TPSA) is 80.5 Å². The predicted molar refractivity (Wildman–Crippen MR) is 78.3 cm³/mol. The molecular weight excluding hydrogens is 276 g/mol. The van der Waals surface area contributed by atoms with Crippen molar-refractivity contribution in [3.8, 4) is 0 Å². The smallest absolute Gasteiger partial charge is 0.217 e. The second kappa shape index (κ2) is 5.83. The van der Waals surface area contributed by atoms with Gasteiger partial charge in [-0.15, -0.1) is 0 Å². The molecule has 1 saturated heterocycles. The van der Waals surface area contributed by atoms with E-state index in [2.05, 4.69) is 0 Å². The first-order valence-electron chi connectivity index (χ1n) is 6.79. The number of amides is 1. The van der Waals surface area contributed by atoms with Crippen molar-refractivity contribution in [3.63, 3.8) is 0 Å². The van der Waals surface area contributed by atoms with Crippen LogP contribution in [0.3, 0.4) is 0 Å². The molecule has 0 aliphatic carbocycles. The first-order chi connectivity index (χ1) is 9.44. The summed E-state index contributed by atoms with van der Waals surface area (Å²) in [4.78, 5) is 13.4. The monoisotopic (exact) mass is 296 g/mol. The van der Waals surface area contributed by atoms with E-state index in [0.29, 0.717) is 17.9 Å². The molecule has 20 heavy (non-hydrogen) atoms. The fourth-order valence-corrected chi connectivity index (χ4v) is 3.75. The standard InChI is InChI=1S/C14H20N2O3S/c1-2-20(18,19)13-6-4-3-5-12(13)16-8-7-11(10-16)9-14(15)17/h3-6,11H,2,7-10H2,1H3,(H2,15,17). The molecule has 1 amide bonds. The maximum absolute atomic E-state index is 12.1. The Hall–Kier alpha value is -1.56. The quantitative estimate of drug-likeness (QED) is 0.885. The molecule has 1 aliphatic rings. The lowest BCUT2D eigenvalue weighted by Gasteiger charge is -2.21. The lowest BCUT2D eigenvalue weighted by Crippen LogP contribution is -2.24. The highest BCUT2D eigenvalue weighted by Crippen LogP contribution is 2.31. The van der Waals surface area contributed by atoms with Crippen LogP contribution in [0, 0.1) is 5.92 Å². The van der Waals surface area contributed by atoms with E-state index in [9.17, 15) is 13.2 Å². The van der Waals surface area contributed by atoms with Gasteiger partial charge in [0, 0.05) is 19.5 Å². The maximum Gasteiger partial charge on any atom is 0.217 e. The third-order valence-electron chi connectivity index (χ3n) is 3.70. The van der Waals surface area contributed by atoms with E-state index in [4.69, 9.17) is 5.73 Å². The molecule has 1 atom stereocenters. The second-order valence-corrected chi connectivity index (χ2v) is 7.39. The first kappa shape index (κ1) is 14.8. The van der Waals surface area contributed by atoms with E-state index >= 15 is 0 Å². The van der Waals surface area contributed by atoms with Gasteiger partial charge < -0.3 is 10.6 Å². The van der Waals surface area contributed by atoms with Gasteiger partial charge in [0.1, 0.15) is 0 Å². The van der Waals surface area contributed by atoms with Gasteiger partial charge in [-0.05, 0) is 24.5 Å². The molecule has 1 heterocycles. The average molecular weight is 296 g/mol. The minimum Gasteiger partial charge on any atom is -0.370 e. The highest BCUT2D eigenvalue weighted by Gasteiger charge is 2.27. The van der Waals surface area contributed by atoms with Crippen LogP contribution in [0.4, 0.5) is 5.69 Å². The van der Waals surface area contributed by atoms with Crippen LogP contribution in [0.5, 0.6) is 0 Å². The van der Waals surface area contributed by atoms with E-state index in [0.717, 1.165) is 18.7 Å². The Bertz CT molecular complexity index is 598. The van der Waals surface area contributed by atoms with E-state index in [-0.39, 0.29) is 17.6 Å². The third kappa shape index (κ3) is 3.12. The predicted octanol–water partition coefficient (Wildman–Crippen LogP) is 1.18. The number of primary amides is 1. The molecule has 5 nitrogen and oxygen atoms in total. The van der Waals surface area contributed by atoms with Crippen LogP contribution in [-0.4, -0.2) is 33.2 Å². The van der Waals surface area contributed by atoms with Crippen LogP contribution in [0.1, 0.15) is 19.8 Å². The zero-order chi connectivity index (χ0) is 14.8. The molecule has 0 aromatic heterocycles. The number of sulfone groups is 1. The van der Waals surface area contributed by atoms with Crippen molar-refractivity contribution in [2.75, 3.05) is 23.7 Å². The maximum atomic E-state index is 12.1. The Morgan fingerprint density at radius 1 is 1.40 bits per heavy atom. The van der Waals surface area contributed by atoms with Crippen molar-refractivity contribution >= 4 is 21.4 Å². The van der Waals surface area contributed by atoms with E-state index in [1.165, 1.54) is 0 Å². The van der Waals surface area contributed by atoms with Crippen LogP contribution in [0.2, 0.25) is 0 Å². The molecule has 6 heteroatoms. The van der Waals surface area contributed by atoms with Gasteiger partial charge >= 0.3 is 0 Å². The third-order valence-corrected chi connectivity index (χ3v) is 5.47. The molecule has 0 saturated carbocycles. The number of benzene rings is 1. The summed E-state index contributed by atoms with van der Waals surface area (Å²) in [6, 6.07) is 7.05. The minimum absolute atomic E-state index is 0.0859. The zero-order valence-electron chi connectivity index (χ0n) is 11.6. The number of anilines is 1. The Balaban J connectivity index is 2.25. The van der Waals surface area contributed by atoms with Gasteiger partial charge in [0.25, 0.3) is 0 Å². The fraction of sp³-hybridized carbons (Fsp3) is 0.500. The van der Waals surface area contributed by atoms with Crippen molar-refractivity contribution in [1.82, 2.24) is 0 Å². The van der Waals surface area contributed by atoms with E-state index in [1.807, 2.05) is 17.0 Å². The Morgan fingerprint density at radius 3 is 2.75 bits per heavy atom. The van der Waals surface area contributed by atoms with Crippen LogP contribution < -0.4 is 10.6 Å². The number of carbonyl (C=O) groups excluding carboxylic acids is 1. The molecule has 1 aromatic carbocycles. The van der Waals surface area contributed by atoms with Crippen molar-refractivity contribution in [1.29, 1.82) is 0 Å². The molecule has 1 fully saturated rings. The second-order valence-electron chi connectivity index (χ2n) is 5.14. The molecule has 110 valence electrons. The van der Waals surface area contributed by atoms with Gasteiger partial charge in [0.2, 0.25) is 5.91 Å². The summed E-state index contributed by atoms with van der Waals surface area (Å²) >= 11 is 0. The number of nitrogens with two attached hydrogens (primary N) is 1. The molecule has 2 N–H and O–H groups in total. The molecule has 0 radical (unpaired) electrons. The number of rotatable bonds is 5. The molecular formula is C14H20N2O3S. The molecule has 0 bridgehead atoms. The van der Waals surface area contributed by atoms with Gasteiger partial charge in [-0.25, -0.2) is 8.42 Å². The molecule has 2 rings (SSSR count). The molecule has 1 aliphatic heterocycles. The summed E-state index contributed by atoms with van der Waals surface area (Å²) in [5.74, 6) is -0.000970. The molecule has 1 aromatic rings. The van der Waals surface area contributed by atoms with Crippen molar-refractivity contribution in [3.05, 3.63) is 24.3 Å². The summed E-state index contributed by atoms with van der Waals surface area (Å²) in [5, 5.41) is 0. The van der Waals surface area contributed by atoms with Gasteiger partial charge in [0.15, 0.2) is 9.84 Å². The summed E-state index contributed by atoms with van der Waals surface area (Å²) < 4.78 is 24.3. The zero-order valence-corrected chi connectivity index (χ0v) is 12.4. The Labute approximate surface area is 119 Å². The van der Waals surface area contributed by atoms with Gasteiger partial charge in [-0.2, -0.15) is 0 Å². The highest BCUT2D eigenvalue weighted by molar-refractivity contribution is 7.91. The van der Waals surface area contributed by atoms with Crippen LogP contribution in [0.15, 0.2) is 29.2 Å². The number of hydrogen-bond donors (Lipinski definition) is 1. The van der Waals surface area contributed by atoms with Crippen LogP contribution in [-0.2, 0) is 14.6 Å². The van der Waals surface area contributed by atoms with Gasteiger partial charge in [0.05, 0.1) is 16.3 Å². The SMILES string of the molecule is CCS(=O)(=O)c1ccccc1N1CCC(CC(N)=O)C1. The Kier molecular flexibility index (Phi) is 4.32. The summed E-state index contributed by atoms with van der Waals surface area (Å²) in [5.41, 5.74) is 5.96. The number of carbonyl (C=O) groups is 1. The van der Waals surface area contributed by atoms with Crippen LogP contribution >= 0.6 is 0 Å². The Morgan fingerprint density at radius 2 is 2.10 bits per heavy atom. The lowest BCUT2D eigenvalue weighted by molar-refractivity contribution is -0.118. The first-order valence-corrected chi connectivity index (χ1v) is 8.44. The number of nitrogens with zero attached hydrogens (tertiary/aromatic N) is 1. The summed E-state index contributed by atoms with van der Waals surface area (Å²) in [6.45, 7) is 3.08. The van der Waals surface area contributed by atoms with E-state index in [1.54, 1.807) is 19.1 Å². The van der Waals surface area contributed by atoms with E-state index < -0.39 is 9.84 Å². The van der Waals surface area contributed by atoms with Crippen molar-refractivity contribution in [2.45, 2.75) is 24.7 Å². The number of hydrogen-bond acceptors (Lipinski definition) is 4. The normalized spacial score (nSPS) is 19.2. The largest absolute Gasteiger partial charge is 0.370 e. The van der Waals surface area contributed by atoms with Crippen molar-refractivity contribution in [2.24, 2.45) is 11.7 Å². The van der Waals surface area contributed by atoms with Gasteiger partial charge in [-0.3, -0.25) is 4.79 Å². The van der Waals surface area contributed by atoms with Crippen molar-refractivity contribution < 1.29 is 13.2 Å².